The average Bonchev–Trinajstić information content (AvgIpc) is 2.78. The van der Waals surface area contributed by atoms with Gasteiger partial charge in [0.2, 0.25) is 5.91 Å². The highest BCUT2D eigenvalue weighted by molar-refractivity contribution is 8.00. The van der Waals surface area contributed by atoms with Crippen LogP contribution in [0.2, 0.25) is 0 Å². The van der Waals surface area contributed by atoms with E-state index in [4.69, 9.17) is 0 Å². The Kier molecular flexibility index (Phi) is 5.83. The molecule has 0 spiro atoms. The molecule has 3 rings (SSSR count). The number of fused-ring (bicyclic) bond motifs is 1. The quantitative estimate of drug-likeness (QED) is 0.476. The molecule has 1 saturated carbocycles. The molecule has 5 nitrogen and oxygen atoms in total. The number of hydrogen-bond donors (Lipinski definition) is 1. The maximum atomic E-state index is 12.5. The van der Waals surface area contributed by atoms with Crippen LogP contribution in [0.4, 0.5) is 0 Å². The highest BCUT2D eigenvalue weighted by atomic mass is 32.2. The molecule has 0 saturated heterocycles. The van der Waals surface area contributed by atoms with E-state index in [9.17, 15) is 10.1 Å². The number of amides is 1. The van der Waals surface area contributed by atoms with Crippen molar-refractivity contribution in [2.75, 3.05) is 5.75 Å². The summed E-state index contributed by atoms with van der Waals surface area (Å²) in [4.78, 5) is 23.8. The first kappa shape index (κ1) is 19.1. The Balaban J connectivity index is 1.73. The van der Waals surface area contributed by atoms with Crippen molar-refractivity contribution in [2.45, 2.75) is 69.9 Å². The standard InChI is InChI=1S/C19H24N4OS2/c1-12-13(2)26-18-16(12)17(21-14(3)22-18)25-10-15(24)23-19(11-20)8-6-4-5-7-9-19/h4-10H2,1-3H3,(H,23,24). The molecule has 0 aliphatic heterocycles. The third kappa shape index (κ3) is 4.02. The summed E-state index contributed by atoms with van der Waals surface area (Å²) in [6, 6.07) is 2.37. The van der Waals surface area contributed by atoms with Gasteiger partial charge in [0.1, 0.15) is 21.2 Å². The van der Waals surface area contributed by atoms with Gasteiger partial charge in [-0.15, -0.1) is 11.3 Å². The van der Waals surface area contributed by atoms with Crippen molar-refractivity contribution in [2.24, 2.45) is 0 Å². The molecule has 0 unspecified atom stereocenters. The van der Waals surface area contributed by atoms with Crippen LogP contribution in [-0.2, 0) is 4.79 Å². The summed E-state index contributed by atoms with van der Waals surface area (Å²) in [5, 5.41) is 14.6. The lowest BCUT2D eigenvalue weighted by Gasteiger charge is -2.26. The van der Waals surface area contributed by atoms with Crippen molar-refractivity contribution >= 4 is 39.2 Å². The monoisotopic (exact) mass is 388 g/mol. The van der Waals surface area contributed by atoms with Gasteiger partial charge in [-0.05, 0) is 39.2 Å². The van der Waals surface area contributed by atoms with Crippen LogP contribution in [0, 0.1) is 32.1 Å². The van der Waals surface area contributed by atoms with E-state index in [1.165, 1.54) is 22.2 Å². The molecule has 2 aromatic heterocycles. The number of thioether (sulfide) groups is 1. The van der Waals surface area contributed by atoms with Crippen LogP contribution in [0.5, 0.6) is 0 Å². The molecular weight excluding hydrogens is 364 g/mol. The molecule has 0 bridgehead atoms. The lowest BCUT2D eigenvalue weighted by molar-refractivity contribution is -0.120. The predicted molar refractivity (Wildman–Crippen MR) is 107 cm³/mol. The first-order valence-corrected chi connectivity index (χ1v) is 10.8. The molecule has 1 amide bonds. The average molecular weight is 389 g/mol. The first-order valence-electron chi connectivity index (χ1n) is 9.03. The third-order valence-corrected chi connectivity index (χ3v) is 7.07. The van der Waals surface area contributed by atoms with Gasteiger partial charge < -0.3 is 5.32 Å². The molecule has 2 aromatic rings. The lowest BCUT2D eigenvalue weighted by Crippen LogP contribution is -2.47. The Morgan fingerprint density at radius 2 is 1.92 bits per heavy atom. The summed E-state index contributed by atoms with van der Waals surface area (Å²) >= 11 is 3.10. The fourth-order valence-electron chi connectivity index (χ4n) is 3.45. The second-order valence-electron chi connectivity index (χ2n) is 6.98. The molecule has 26 heavy (non-hydrogen) atoms. The van der Waals surface area contributed by atoms with Crippen LogP contribution in [0.3, 0.4) is 0 Å². The largest absolute Gasteiger partial charge is 0.337 e. The maximum Gasteiger partial charge on any atom is 0.231 e. The van der Waals surface area contributed by atoms with E-state index in [0.29, 0.717) is 0 Å². The Labute approximate surface area is 162 Å². The number of hydrogen-bond acceptors (Lipinski definition) is 6. The number of carbonyl (C=O) groups excluding carboxylic acids is 1. The highest BCUT2D eigenvalue weighted by Crippen LogP contribution is 2.35. The van der Waals surface area contributed by atoms with Gasteiger partial charge in [0, 0.05) is 10.3 Å². The van der Waals surface area contributed by atoms with Gasteiger partial charge in [0.15, 0.2) is 0 Å². The minimum Gasteiger partial charge on any atom is -0.337 e. The molecule has 2 heterocycles. The third-order valence-electron chi connectivity index (χ3n) is 5.00. The summed E-state index contributed by atoms with van der Waals surface area (Å²) in [5.41, 5.74) is 0.491. The second kappa shape index (κ2) is 7.93. The Morgan fingerprint density at radius 3 is 2.58 bits per heavy atom. The van der Waals surface area contributed by atoms with Crippen molar-refractivity contribution in [1.82, 2.24) is 15.3 Å². The van der Waals surface area contributed by atoms with Crippen molar-refractivity contribution in [3.8, 4) is 6.07 Å². The number of rotatable bonds is 4. The Hall–Kier alpha value is -1.65. The van der Waals surface area contributed by atoms with Crippen molar-refractivity contribution in [3.63, 3.8) is 0 Å². The molecule has 1 aliphatic rings. The Morgan fingerprint density at radius 1 is 1.23 bits per heavy atom. The second-order valence-corrected chi connectivity index (χ2v) is 9.15. The smallest absolute Gasteiger partial charge is 0.231 e. The lowest BCUT2D eigenvalue weighted by atomic mass is 9.92. The number of nitrogens with zero attached hydrogens (tertiary/aromatic N) is 3. The number of nitrogens with one attached hydrogen (secondary N) is 1. The van der Waals surface area contributed by atoms with Crippen LogP contribution in [0.1, 0.15) is 54.8 Å². The summed E-state index contributed by atoms with van der Waals surface area (Å²) in [6.07, 6.45) is 5.78. The van der Waals surface area contributed by atoms with Gasteiger partial charge in [-0.25, -0.2) is 9.97 Å². The van der Waals surface area contributed by atoms with Crippen LogP contribution in [0.25, 0.3) is 10.2 Å². The molecule has 1 fully saturated rings. The van der Waals surface area contributed by atoms with E-state index in [1.807, 2.05) is 6.92 Å². The maximum absolute atomic E-state index is 12.5. The zero-order valence-corrected chi connectivity index (χ0v) is 17.1. The number of aromatic nitrogens is 2. The molecule has 0 radical (unpaired) electrons. The van der Waals surface area contributed by atoms with Gasteiger partial charge in [0.25, 0.3) is 0 Å². The SMILES string of the molecule is Cc1nc(SCC(=O)NC2(C#N)CCCCCC2)c2c(C)c(C)sc2n1. The molecule has 138 valence electrons. The minimum atomic E-state index is -0.695. The zero-order valence-electron chi connectivity index (χ0n) is 15.5. The molecule has 1 N–H and O–H groups in total. The number of nitriles is 1. The summed E-state index contributed by atoms with van der Waals surface area (Å²) in [5.74, 6) is 0.898. The summed E-state index contributed by atoms with van der Waals surface area (Å²) in [7, 11) is 0. The predicted octanol–water partition coefficient (Wildman–Crippen LogP) is 4.44. The Bertz CT molecular complexity index is 861. The van der Waals surface area contributed by atoms with E-state index in [2.05, 4.69) is 35.2 Å². The van der Waals surface area contributed by atoms with Crippen molar-refractivity contribution in [3.05, 3.63) is 16.3 Å². The molecule has 7 heteroatoms. The van der Waals surface area contributed by atoms with E-state index in [1.54, 1.807) is 11.3 Å². The first-order chi connectivity index (χ1) is 12.4. The van der Waals surface area contributed by atoms with E-state index >= 15 is 0 Å². The number of aryl methyl sites for hydroxylation is 3. The fourth-order valence-corrected chi connectivity index (χ4v) is 5.52. The van der Waals surface area contributed by atoms with Gasteiger partial charge in [-0.1, -0.05) is 37.4 Å². The highest BCUT2D eigenvalue weighted by Gasteiger charge is 2.32. The van der Waals surface area contributed by atoms with Gasteiger partial charge in [-0.2, -0.15) is 5.26 Å². The van der Waals surface area contributed by atoms with Gasteiger partial charge in [-0.3, -0.25) is 4.79 Å². The number of thiophene rings is 1. The molecular formula is C19H24N4OS2. The van der Waals surface area contributed by atoms with Gasteiger partial charge in [0.05, 0.1) is 11.8 Å². The van der Waals surface area contributed by atoms with E-state index < -0.39 is 5.54 Å². The van der Waals surface area contributed by atoms with Crippen LogP contribution in [-0.4, -0.2) is 27.2 Å². The normalized spacial score (nSPS) is 16.8. The van der Waals surface area contributed by atoms with E-state index in [0.717, 1.165) is 59.6 Å². The summed E-state index contributed by atoms with van der Waals surface area (Å²) in [6.45, 7) is 6.04. The topological polar surface area (TPSA) is 78.7 Å². The van der Waals surface area contributed by atoms with Crippen LogP contribution >= 0.6 is 23.1 Å². The van der Waals surface area contributed by atoms with Crippen molar-refractivity contribution in [1.29, 1.82) is 5.26 Å². The summed E-state index contributed by atoms with van der Waals surface area (Å²) < 4.78 is 0. The molecule has 0 aromatic carbocycles. The molecule has 1 aliphatic carbocycles. The minimum absolute atomic E-state index is 0.0903. The molecule has 0 atom stereocenters. The van der Waals surface area contributed by atoms with E-state index in [-0.39, 0.29) is 11.7 Å². The fraction of sp³-hybridized carbons (Fsp3) is 0.579. The zero-order chi connectivity index (χ0) is 18.7. The van der Waals surface area contributed by atoms with Gasteiger partial charge >= 0.3 is 0 Å². The van der Waals surface area contributed by atoms with Crippen LogP contribution < -0.4 is 5.32 Å². The number of carbonyl (C=O) groups is 1. The van der Waals surface area contributed by atoms with Crippen LogP contribution in [0.15, 0.2) is 5.03 Å². The van der Waals surface area contributed by atoms with Crippen molar-refractivity contribution < 1.29 is 4.79 Å².